The average Bonchev–Trinajstić information content (AvgIpc) is 3.11. The van der Waals surface area contributed by atoms with E-state index in [0.717, 1.165) is 31.9 Å². The van der Waals surface area contributed by atoms with Gasteiger partial charge in [-0.25, -0.2) is 9.78 Å². The maximum absolute atomic E-state index is 13.1. The van der Waals surface area contributed by atoms with Gasteiger partial charge in [0.05, 0.1) is 12.3 Å². The van der Waals surface area contributed by atoms with E-state index >= 15 is 0 Å². The summed E-state index contributed by atoms with van der Waals surface area (Å²) in [7, 11) is 2.07. The van der Waals surface area contributed by atoms with Crippen molar-refractivity contribution in [1.82, 2.24) is 14.8 Å². The van der Waals surface area contributed by atoms with Crippen molar-refractivity contribution in [2.75, 3.05) is 38.1 Å². The molecule has 0 N–H and O–H groups in total. The maximum atomic E-state index is 13.1. The molecule has 23 heavy (non-hydrogen) atoms. The summed E-state index contributed by atoms with van der Waals surface area (Å²) in [6, 6.07) is 9.07. The number of likely N-dealkylation sites (N-methyl/N-ethyl adjacent to an activating group) is 1. The Kier molecular flexibility index (Phi) is 4.62. The molecule has 3 rings (SSSR count). The van der Waals surface area contributed by atoms with Crippen LogP contribution in [0.1, 0.15) is 18.7 Å². The number of furan rings is 1. The van der Waals surface area contributed by atoms with E-state index in [4.69, 9.17) is 4.42 Å². The number of carbonyl (C=O) groups excluding carboxylic acids is 1. The fraction of sp³-hybridized carbons (Fsp3) is 0.412. The lowest BCUT2D eigenvalue weighted by Gasteiger charge is -2.37. The zero-order valence-corrected chi connectivity index (χ0v) is 13.6. The van der Waals surface area contributed by atoms with E-state index in [2.05, 4.69) is 16.9 Å². The fourth-order valence-corrected chi connectivity index (χ4v) is 2.76. The van der Waals surface area contributed by atoms with Gasteiger partial charge in [-0.05, 0) is 38.2 Å². The minimum absolute atomic E-state index is 0.0271. The first kappa shape index (κ1) is 15.6. The molecule has 0 bridgehead atoms. The third-order valence-electron chi connectivity index (χ3n) is 4.22. The molecule has 0 radical (unpaired) electrons. The number of carbonyl (C=O) groups is 1. The van der Waals surface area contributed by atoms with E-state index in [-0.39, 0.29) is 12.1 Å². The highest BCUT2D eigenvalue weighted by molar-refractivity contribution is 5.91. The number of hydrogen-bond acceptors (Lipinski definition) is 4. The quantitative estimate of drug-likeness (QED) is 0.874. The van der Waals surface area contributed by atoms with Crippen LogP contribution >= 0.6 is 0 Å². The number of piperazine rings is 1. The van der Waals surface area contributed by atoms with Crippen LogP contribution in [0.25, 0.3) is 0 Å². The zero-order valence-electron chi connectivity index (χ0n) is 13.6. The first-order valence-corrected chi connectivity index (χ1v) is 7.88. The molecule has 0 aliphatic carbocycles. The van der Waals surface area contributed by atoms with E-state index < -0.39 is 0 Å². The zero-order chi connectivity index (χ0) is 16.2. The van der Waals surface area contributed by atoms with Crippen LogP contribution < -0.4 is 4.90 Å². The fourth-order valence-electron chi connectivity index (χ4n) is 2.76. The third-order valence-corrected chi connectivity index (χ3v) is 4.22. The Morgan fingerprint density at radius 3 is 2.61 bits per heavy atom. The molecule has 0 saturated carbocycles. The molecule has 2 aromatic rings. The lowest BCUT2D eigenvalue weighted by Crippen LogP contribution is -2.52. The van der Waals surface area contributed by atoms with Crippen LogP contribution in [0.3, 0.4) is 0 Å². The largest absolute Gasteiger partial charge is 0.467 e. The number of nitrogens with zero attached hydrogens (tertiary/aromatic N) is 4. The Labute approximate surface area is 136 Å². The summed E-state index contributed by atoms with van der Waals surface area (Å²) in [6.45, 7) is 5.18. The van der Waals surface area contributed by atoms with Crippen molar-refractivity contribution in [1.29, 1.82) is 0 Å². The summed E-state index contributed by atoms with van der Waals surface area (Å²) in [6.07, 6.45) is 3.33. The van der Waals surface area contributed by atoms with Crippen LogP contribution in [0.5, 0.6) is 0 Å². The van der Waals surface area contributed by atoms with Crippen LogP contribution in [-0.4, -0.2) is 54.0 Å². The molecule has 122 valence electrons. The van der Waals surface area contributed by atoms with Gasteiger partial charge in [-0.1, -0.05) is 6.07 Å². The Hall–Kier alpha value is -2.34. The lowest BCUT2D eigenvalue weighted by atomic mass is 10.2. The second-order valence-corrected chi connectivity index (χ2v) is 5.82. The number of hydrogen-bond donors (Lipinski definition) is 0. The van der Waals surface area contributed by atoms with E-state index in [1.807, 2.05) is 42.2 Å². The van der Waals surface area contributed by atoms with Gasteiger partial charge >= 0.3 is 6.03 Å². The molecule has 6 nitrogen and oxygen atoms in total. The predicted molar refractivity (Wildman–Crippen MR) is 88.3 cm³/mol. The smallest absolute Gasteiger partial charge is 0.326 e. The van der Waals surface area contributed by atoms with Crippen molar-refractivity contribution in [3.05, 3.63) is 48.6 Å². The van der Waals surface area contributed by atoms with Crippen molar-refractivity contribution in [2.45, 2.75) is 13.0 Å². The maximum Gasteiger partial charge on any atom is 0.326 e. The molecule has 6 heteroatoms. The number of anilines is 1. The molecule has 1 unspecified atom stereocenters. The SMILES string of the molecule is CC(c1ccco1)N(C(=O)N1CCN(C)CC1)c1ccccn1. The van der Waals surface area contributed by atoms with Gasteiger partial charge in [0.25, 0.3) is 0 Å². The molecule has 2 aromatic heterocycles. The van der Waals surface area contributed by atoms with Crippen LogP contribution in [0.15, 0.2) is 47.2 Å². The van der Waals surface area contributed by atoms with E-state index in [9.17, 15) is 4.79 Å². The normalized spacial score (nSPS) is 17.0. The van der Waals surface area contributed by atoms with Crippen molar-refractivity contribution >= 4 is 11.8 Å². The minimum Gasteiger partial charge on any atom is -0.467 e. The van der Waals surface area contributed by atoms with Gasteiger partial charge in [-0.2, -0.15) is 0 Å². The van der Waals surface area contributed by atoms with Crippen molar-refractivity contribution < 1.29 is 9.21 Å². The molecule has 0 spiro atoms. The first-order chi connectivity index (χ1) is 11.2. The molecule has 1 aliphatic heterocycles. The summed E-state index contributed by atoms with van der Waals surface area (Å²) in [5, 5.41) is 0. The molecular formula is C17H22N4O2. The van der Waals surface area contributed by atoms with Crippen LogP contribution in [0.2, 0.25) is 0 Å². The second kappa shape index (κ2) is 6.83. The van der Waals surface area contributed by atoms with E-state index in [1.165, 1.54) is 0 Å². The number of amides is 2. The van der Waals surface area contributed by atoms with Gasteiger partial charge < -0.3 is 14.2 Å². The number of urea groups is 1. The van der Waals surface area contributed by atoms with Crippen LogP contribution in [-0.2, 0) is 0 Å². The number of rotatable bonds is 3. The molecule has 1 fully saturated rings. The Morgan fingerprint density at radius 1 is 1.22 bits per heavy atom. The summed E-state index contributed by atoms with van der Waals surface area (Å²) in [5.41, 5.74) is 0. The highest BCUT2D eigenvalue weighted by Gasteiger charge is 2.31. The molecular weight excluding hydrogens is 292 g/mol. The standard InChI is InChI=1S/C17H22N4O2/c1-14(15-6-5-13-23-15)21(16-7-3-4-8-18-16)17(22)20-11-9-19(2)10-12-20/h3-8,13-14H,9-12H2,1-2H3. The average molecular weight is 314 g/mol. The minimum atomic E-state index is -0.216. The van der Waals surface area contributed by atoms with Gasteiger partial charge in [0.2, 0.25) is 0 Å². The Bertz CT molecular complexity index is 621. The summed E-state index contributed by atoms with van der Waals surface area (Å²) < 4.78 is 5.50. The van der Waals surface area contributed by atoms with E-state index in [0.29, 0.717) is 5.82 Å². The van der Waals surface area contributed by atoms with Crippen molar-refractivity contribution in [3.63, 3.8) is 0 Å². The van der Waals surface area contributed by atoms with Gasteiger partial charge in [-0.15, -0.1) is 0 Å². The van der Waals surface area contributed by atoms with E-state index in [1.54, 1.807) is 17.4 Å². The highest BCUT2D eigenvalue weighted by Crippen LogP contribution is 2.27. The monoisotopic (exact) mass is 314 g/mol. The van der Waals surface area contributed by atoms with Crippen LogP contribution in [0, 0.1) is 0 Å². The molecule has 2 amide bonds. The van der Waals surface area contributed by atoms with Crippen LogP contribution in [0.4, 0.5) is 10.6 Å². The van der Waals surface area contributed by atoms with Gasteiger partial charge in [-0.3, -0.25) is 4.90 Å². The van der Waals surface area contributed by atoms with Gasteiger partial charge in [0.15, 0.2) is 0 Å². The van der Waals surface area contributed by atoms with Gasteiger partial charge in [0, 0.05) is 32.4 Å². The molecule has 1 aliphatic rings. The number of aromatic nitrogens is 1. The van der Waals surface area contributed by atoms with Gasteiger partial charge in [0.1, 0.15) is 11.6 Å². The summed E-state index contributed by atoms with van der Waals surface area (Å²) in [5.74, 6) is 1.39. The lowest BCUT2D eigenvalue weighted by molar-refractivity contribution is 0.157. The third kappa shape index (κ3) is 3.37. The topological polar surface area (TPSA) is 52.8 Å². The second-order valence-electron chi connectivity index (χ2n) is 5.82. The summed E-state index contributed by atoms with van der Waals surface area (Å²) in [4.78, 5) is 23.3. The molecule has 1 atom stereocenters. The molecule has 0 aromatic carbocycles. The predicted octanol–water partition coefficient (Wildman–Crippen LogP) is 2.61. The first-order valence-electron chi connectivity index (χ1n) is 7.88. The summed E-state index contributed by atoms with van der Waals surface area (Å²) >= 11 is 0. The van der Waals surface area contributed by atoms with Crippen molar-refractivity contribution in [2.24, 2.45) is 0 Å². The number of pyridine rings is 1. The Balaban J connectivity index is 1.87. The molecule has 1 saturated heterocycles. The highest BCUT2D eigenvalue weighted by atomic mass is 16.3. The Morgan fingerprint density at radius 2 is 2.00 bits per heavy atom. The van der Waals surface area contributed by atoms with Crippen molar-refractivity contribution in [3.8, 4) is 0 Å². The molecule has 3 heterocycles.